The number of anilines is 5. The lowest BCUT2D eigenvalue weighted by molar-refractivity contribution is 0.602. The largest absolute Gasteiger partial charge is 0.456 e. The molecule has 7 aromatic rings. The van der Waals surface area contributed by atoms with Gasteiger partial charge in [0.1, 0.15) is 11.2 Å². The number of hydrogen-bond donors (Lipinski definition) is 0. The average molecular weight is 689 g/mol. The van der Waals surface area contributed by atoms with Crippen LogP contribution in [0.2, 0.25) is 0 Å². The van der Waals surface area contributed by atoms with E-state index in [9.17, 15) is 4.79 Å². The molecule has 0 aliphatic carbocycles. The summed E-state index contributed by atoms with van der Waals surface area (Å²) in [6.45, 7) is 17.8. The van der Waals surface area contributed by atoms with Gasteiger partial charge in [-0.2, -0.15) is 0 Å². The lowest BCUT2D eigenvalue weighted by Crippen LogP contribution is -2.36. The van der Waals surface area contributed by atoms with Gasteiger partial charge in [0.05, 0.1) is 27.8 Å². The summed E-state index contributed by atoms with van der Waals surface area (Å²) in [7, 11) is 0. The SMILES string of the molecule is C=CC1=C(C=C)C(C)(C)c2cc3c(cc2N1c1ccccc1)N(c1ccccc1)c1ccc(-c2ccc4c(=O)c5ccccc5oc4c2)cc1C3(C)C. The van der Waals surface area contributed by atoms with Crippen LogP contribution < -0.4 is 15.2 Å². The predicted molar refractivity (Wildman–Crippen MR) is 221 cm³/mol. The molecule has 2 aliphatic rings. The van der Waals surface area contributed by atoms with Crippen molar-refractivity contribution in [1.82, 2.24) is 0 Å². The molecule has 9 rings (SSSR count). The third-order valence-corrected chi connectivity index (χ3v) is 11.4. The van der Waals surface area contributed by atoms with Crippen LogP contribution in [0.5, 0.6) is 0 Å². The second-order valence-corrected chi connectivity index (χ2v) is 15.1. The van der Waals surface area contributed by atoms with Gasteiger partial charge >= 0.3 is 0 Å². The summed E-state index contributed by atoms with van der Waals surface area (Å²) < 4.78 is 6.28. The maximum atomic E-state index is 13.3. The summed E-state index contributed by atoms with van der Waals surface area (Å²) in [5.41, 5.74) is 13.9. The van der Waals surface area contributed by atoms with Gasteiger partial charge in [0.25, 0.3) is 0 Å². The van der Waals surface area contributed by atoms with Crippen LogP contribution in [-0.2, 0) is 10.8 Å². The molecule has 0 unspecified atom stereocenters. The number of nitrogens with zero attached hydrogens (tertiary/aromatic N) is 2. The molecule has 0 amide bonds. The van der Waals surface area contributed by atoms with Crippen LogP contribution in [0.1, 0.15) is 44.4 Å². The Morgan fingerprint density at radius 1 is 0.528 bits per heavy atom. The van der Waals surface area contributed by atoms with E-state index >= 15 is 0 Å². The summed E-state index contributed by atoms with van der Waals surface area (Å²) in [6.07, 6.45) is 3.96. The van der Waals surface area contributed by atoms with Crippen LogP contribution in [0.4, 0.5) is 28.4 Å². The van der Waals surface area contributed by atoms with Gasteiger partial charge in [0, 0.05) is 27.9 Å². The fraction of sp³-hybridized carbons (Fsp3) is 0.122. The van der Waals surface area contributed by atoms with Gasteiger partial charge < -0.3 is 14.2 Å². The maximum Gasteiger partial charge on any atom is 0.200 e. The van der Waals surface area contributed by atoms with Crippen LogP contribution in [0, 0.1) is 0 Å². The van der Waals surface area contributed by atoms with E-state index in [0.717, 1.165) is 50.8 Å². The molecule has 0 N–H and O–H groups in total. The Labute approximate surface area is 310 Å². The molecule has 53 heavy (non-hydrogen) atoms. The van der Waals surface area contributed by atoms with Crippen LogP contribution in [-0.4, -0.2) is 0 Å². The molecule has 6 aromatic carbocycles. The van der Waals surface area contributed by atoms with Crippen molar-refractivity contribution in [2.24, 2.45) is 0 Å². The van der Waals surface area contributed by atoms with Crippen molar-refractivity contribution in [3.63, 3.8) is 0 Å². The van der Waals surface area contributed by atoms with Crippen molar-refractivity contribution in [3.8, 4) is 11.1 Å². The van der Waals surface area contributed by atoms with Crippen molar-refractivity contribution in [1.29, 1.82) is 0 Å². The lowest BCUT2D eigenvalue weighted by Gasteiger charge is -2.47. The molecule has 1 aromatic heterocycles. The Morgan fingerprint density at radius 3 is 1.79 bits per heavy atom. The smallest absolute Gasteiger partial charge is 0.200 e. The van der Waals surface area contributed by atoms with Gasteiger partial charge in [-0.05, 0) is 112 Å². The third-order valence-electron chi connectivity index (χ3n) is 11.4. The van der Waals surface area contributed by atoms with Gasteiger partial charge in [-0.3, -0.25) is 4.79 Å². The Bertz CT molecular complexity index is 2730. The number of fused-ring (bicyclic) bond motifs is 5. The van der Waals surface area contributed by atoms with Gasteiger partial charge in [0.15, 0.2) is 0 Å². The minimum atomic E-state index is -0.370. The van der Waals surface area contributed by atoms with E-state index in [4.69, 9.17) is 4.42 Å². The molecule has 2 aliphatic heterocycles. The highest BCUT2D eigenvalue weighted by Gasteiger charge is 2.43. The zero-order valence-electron chi connectivity index (χ0n) is 30.5. The molecule has 0 bridgehead atoms. The highest BCUT2D eigenvalue weighted by atomic mass is 16.3. The summed E-state index contributed by atoms with van der Waals surface area (Å²) >= 11 is 0. The normalized spacial score (nSPS) is 15.5. The number of rotatable bonds is 5. The topological polar surface area (TPSA) is 36.7 Å². The van der Waals surface area contributed by atoms with Crippen LogP contribution in [0.3, 0.4) is 0 Å². The minimum absolute atomic E-state index is 0.0122. The van der Waals surface area contributed by atoms with Crippen molar-refractivity contribution in [2.45, 2.75) is 38.5 Å². The fourth-order valence-corrected chi connectivity index (χ4v) is 8.60. The van der Waals surface area contributed by atoms with Gasteiger partial charge in [-0.25, -0.2) is 0 Å². The first-order valence-corrected chi connectivity index (χ1v) is 18.1. The molecular weight excluding hydrogens is 649 g/mol. The highest BCUT2D eigenvalue weighted by Crippen LogP contribution is 2.58. The predicted octanol–water partition coefficient (Wildman–Crippen LogP) is 12.8. The summed E-state index contributed by atoms with van der Waals surface area (Å²) in [5.74, 6) is 0. The van der Waals surface area contributed by atoms with Gasteiger partial charge in [0.2, 0.25) is 5.43 Å². The van der Waals surface area contributed by atoms with E-state index in [2.05, 4.69) is 142 Å². The molecule has 0 saturated heterocycles. The maximum absolute atomic E-state index is 13.3. The molecule has 0 atom stereocenters. The van der Waals surface area contributed by atoms with E-state index in [-0.39, 0.29) is 16.3 Å². The Hall–Kier alpha value is -6.39. The third kappa shape index (κ3) is 4.79. The molecule has 4 heteroatoms. The average Bonchev–Trinajstić information content (AvgIpc) is 3.18. The van der Waals surface area contributed by atoms with Crippen molar-refractivity contribution in [2.75, 3.05) is 9.80 Å². The van der Waals surface area contributed by atoms with Crippen LogP contribution >= 0.6 is 0 Å². The molecule has 0 radical (unpaired) electrons. The fourth-order valence-electron chi connectivity index (χ4n) is 8.60. The van der Waals surface area contributed by atoms with Crippen LogP contribution in [0.25, 0.3) is 33.1 Å². The molecule has 0 spiro atoms. The number of para-hydroxylation sites is 3. The van der Waals surface area contributed by atoms with E-state index < -0.39 is 0 Å². The quantitative estimate of drug-likeness (QED) is 0.169. The molecule has 3 heterocycles. The Kier molecular flexibility index (Phi) is 7.25. The first-order valence-electron chi connectivity index (χ1n) is 18.1. The molecule has 4 nitrogen and oxygen atoms in total. The Morgan fingerprint density at radius 2 is 1.09 bits per heavy atom. The van der Waals surface area contributed by atoms with Crippen molar-refractivity contribution in [3.05, 3.63) is 197 Å². The summed E-state index contributed by atoms with van der Waals surface area (Å²) in [6, 6.07) is 46.1. The van der Waals surface area contributed by atoms with E-state index in [1.807, 2.05) is 54.6 Å². The lowest BCUT2D eigenvalue weighted by atomic mass is 9.68. The first kappa shape index (κ1) is 32.5. The standard InChI is InChI=1S/C49H40N2O2/c1-7-37-41(8-2)50(33-17-11-9-12-18-33)43-30-44-40(29-39(43)48(37,3)4)49(5,6)38-27-31(24-26-42(38)51(44)34-19-13-10-14-20-34)32-23-25-36-46(28-32)53-45-22-16-15-21-35(45)47(36)52/h7-30H,1-2H2,3-6H3. The molecule has 0 fully saturated rings. The number of benzene rings is 6. The zero-order valence-corrected chi connectivity index (χ0v) is 30.5. The number of hydrogen-bond acceptors (Lipinski definition) is 4. The van der Waals surface area contributed by atoms with Crippen molar-refractivity contribution >= 4 is 50.4 Å². The second kappa shape index (κ2) is 11.8. The van der Waals surface area contributed by atoms with Gasteiger partial charge in [-0.1, -0.05) is 108 Å². The minimum Gasteiger partial charge on any atom is -0.456 e. The summed E-state index contributed by atoms with van der Waals surface area (Å²) in [5, 5.41) is 1.18. The summed E-state index contributed by atoms with van der Waals surface area (Å²) in [4.78, 5) is 18.1. The molecule has 258 valence electrons. The molecule has 0 saturated carbocycles. The number of allylic oxidation sites excluding steroid dienone is 3. The second-order valence-electron chi connectivity index (χ2n) is 15.1. The van der Waals surface area contributed by atoms with E-state index in [0.29, 0.717) is 21.9 Å². The zero-order chi connectivity index (χ0) is 36.6. The van der Waals surface area contributed by atoms with E-state index in [1.54, 1.807) is 0 Å². The van der Waals surface area contributed by atoms with Crippen molar-refractivity contribution < 1.29 is 4.42 Å². The molecular formula is C49H40N2O2. The Balaban J connectivity index is 1.28. The first-order chi connectivity index (χ1) is 25.6. The van der Waals surface area contributed by atoms with Gasteiger partial charge in [-0.15, -0.1) is 0 Å². The van der Waals surface area contributed by atoms with E-state index in [1.165, 1.54) is 16.7 Å². The highest BCUT2D eigenvalue weighted by molar-refractivity contribution is 5.94. The van der Waals surface area contributed by atoms with Crippen LogP contribution in [0.15, 0.2) is 179 Å². The monoisotopic (exact) mass is 688 g/mol.